The number of carbonyl (C=O) groups excluding carboxylic acids is 1. The quantitative estimate of drug-likeness (QED) is 0.835. The van der Waals surface area contributed by atoms with Crippen LogP contribution in [0.5, 0.6) is 0 Å². The van der Waals surface area contributed by atoms with Crippen LogP contribution in [0, 0.1) is 5.92 Å². The Kier molecular flexibility index (Phi) is 3.37. The monoisotopic (exact) mass is 279 g/mol. The zero-order chi connectivity index (χ0) is 13.4. The van der Waals surface area contributed by atoms with Crippen molar-refractivity contribution in [3.63, 3.8) is 0 Å². The number of hydrogen-bond donors (Lipinski definition) is 2. The number of benzene rings is 1. The fourth-order valence-electron chi connectivity index (χ4n) is 3.23. The fourth-order valence-corrected chi connectivity index (χ4v) is 3.40. The van der Waals surface area contributed by atoms with Gasteiger partial charge in [0.2, 0.25) is 5.91 Å². The molecule has 2 atom stereocenters. The van der Waals surface area contributed by atoms with E-state index in [-0.39, 0.29) is 5.91 Å². The van der Waals surface area contributed by atoms with Gasteiger partial charge in [0.1, 0.15) is 0 Å². The Balaban J connectivity index is 1.61. The third-order valence-corrected chi connectivity index (χ3v) is 4.39. The number of carbonyl (C=O) groups is 1. The summed E-state index contributed by atoms with van der Waals surface area (Å²) in [6.07, 6.45) is 3.81. The molecule has 2 fully saturated rings. The van der Waals surface area contributed by atoms with Gasteiger partial charge in [0.15, 0.2) is 0 Å². The van der Waals surface area contributed by atoms with E-state index in [2.05, 4.69) is 10.2 Å². The van der Waals surface area contributed by atoms with Crippen molar-refractivity contribution in [2.75, 3.05) is 24.1 Å². The number of nitrogens with two attached hydrogens (primary N) is 1. The number of hydrogen-bond acceptors (Lipinski definition) is 3. The molecule has 1 aromatic rings. The highest BCUT2D eigenvalue weighted by Gasteiger charge is 2.38. The van der Waals surface area contributed by atoms with Crippen molar-refractivity contribution in [2.24, 2.45) is 5.92 Å². The van der Waals surface area contributed by atoms with E-state index in [0.717, 1.165) is 12.5 Å². The molecule has 19 heavy (non-hydrogen) atoms. The molecule has 0 radical (unpaired) electrons. The molecule has 102 valence electrons. The second-order valence-corrected chi connectivity index (χ2v) is 5.98. The van der Waals surface area contributed by atoms with Gasteiger partial charge >= 0.3 is 0 Å². The molecule has 0 aromatic heterocycles. The molecule has 1 saturated heterocycles. The van der Waals surface area contributed by atoms with Gasteiger partial charge in [-0.05, 0) is 43.4 Å². The van der Waals surface area contributed by atoms with E-state index in [1.165, 1.54) is 19.3 Å². The normalized spacial score (nSPS) is 25.7. The van der Waals surface area contributed by atoms with Gasteiger partial charge in [0.05, 0.1) is 17.9 Å². The molecule has 2 aliphatic rings. The molecule has 1 amide bonds. The van der Waals surface area contributed by atoms with Crippen molar-refractivity contribution < 1.29 is 4.79 Å². The predicted molar refractivity (Wildman–Crippen MR) is 77.2 cm³/mol. The van der Waals surface area contributed by atoms with E-state index >= 15 is 0 Å². The largest absolute Gasteiger partial charge is 0.397 e. The lowest BCUT2D eigenvalue weighted by Gasteiger charge is -2.26. The number of nitrogens with one attached hydrogen (secondary N) is 1. The highest BCUT2D eigenvalue weighted by Crippen LogP contribution is 2.37. The summed E-state index contributed by atoms with van der Waals surface area (Å²) in [5.74, 6) is 0.788. The number of rotatable bonds is 3. The van der Waals surface area contributed by atoms with Crippen LogP contribution < -0.4 is 11.1 Å². The molecule has 2 unspecified atom stereocenters. The van der Waals surface area contributed by atoms with Gasteiger partial charge in [-0.2, -0.15) is 0 Å². The van der Waals surface area contributed by atoms with Gasteiger partial charge in [0, 0.05) is 17.6 Å². The summed E-state index contributed by atoms with van der Waals surface area (Å²) in [4.78, 5) is 14.3. The summed E-state index contributed by atoms with van der Waals surface area (Å²) < 4.78 is 0. The highest BCUT2D eigenvalue weighted by atomic mass is 35.5. The summed E-state index contributed by atoms with van der Waals surface area (Å²) in [5, 5.41) is 3.42. The van der Waals surface area contributed by atoms with Crippen LogP contribution in [-0.2, 0) is 4.79 Å². The Bertz CT molecular complexity index is 505. The molecule has 1 heterocycles. The summed E-state index contributed by atoms with van der Waals surface area (Å²) in [5.41, 5.74) is 6.96. The Morgan fingerprint density at radius 3 is 3.00 bits per heavy atom. The van der Waals surface area contributed by atoms with Crippen LogP contribution in [0.2, 0.25) is 5.02 Å². The van der Waals surface area contributed by atoms with Crippen LogP contribution in [0.4, 0.5) is 11.4 Å². The SMILES string of the molecule is Nc1ccc(Cl)cc1NC(=O)CN1CC2CCC1C2. The molecule has 1 aromatic carbocycles. The van der Waals surface area contributed by atoms with Crippen LogP contribution >= 0.6 is 11.6 Å². The third kappa shape index (κ3) is 2.69. The molecule has 1 aliphatic carbocycles. The number of anilines is 2. The van der Waals surface area contributed by atoms with Crippen LogP contribution in [0.25, 0.3) is 0 Å². The van der Waals surface area contributed by atoms with Crippen LogP contribution in [0.3, 0.4) is 0 Å². The lowest BCUT2D eigenvalue weighted by Crippen LogP contribution is -2.38. The maximum atomic E-state index is 12.1. The summed E-state index contributed by atoms with van der Waals surface area (Å²) in [6, 6.07) is 5.71. The van der Waals surface area contributed by atoms with E-state index in [9.17, 15) is 4.79 Å². The molecule has 5 heteroatoms. The molecular weight excluding hydrogens is 262 g/mol. The first-order valence-electron chi connectivity index (χ1n) is 6.71. The Morgan fingerprint density at radius 1 is 1.47 bits per heavy atom. The predicted octanol–water partition coefficient (Wildman–Crippen LogP) is 2.35. The van der Waals surface area contributed by atoms with Gasteiger partial charge in [-0.3, -0.25) is 9.69 Å². The first-order valence-corrected chi connectivity index (χ1v) is 7.08. The average Bonchev–Trinajstić information content (AvgIpc) is 2.96. The van der Waals surface area contributed by atoms with Crippen molar-refractivity contribution in [2.45, 2.75) is 25.3 Å². The van der Waals surface area contributed by atoms with E-state index in [1.807, 2.05) is 0 Å². The Morgan fingerprint density at radius 2 is 2.32 bits per heavy atom. The summed E-state index contributed by atoms with van der Waals surface area (Å²) in [6.45, 7) is 1.51. The van der Waals surface area contributed by atoms with E-state index < -0.39 is 0 Å². The topological polar surface area (TPSA) is 58.4 Å². The minimum Gasteiger partial charge on any atom is -0.397 e. The molecule has 3 rings (SSSR count). The van der Waals surface area contributed by atoms with Gasteiger partial charge in [0.25, 0.3) is 0 Å². The summed E-state index contributed by atoms with van der Waals surface area (Å²) >= 11 is 5.90. The molecule has 1 saturated carbocycles. The van der Waals surface area contributed by atoms with Gasteiger partial charge in [-0.15, -0.1) is 0 Å². The van der Waals surface area contributed by atoms with E-state index in [4.69, 9.17) is 17.3 Å². The number of halogens is 1. The van der Waals surface area contributed by atoms with Crippen molar-refractivity contribution in [3.8, 4) is 0 Å². The average molecular weight is 280 g/mol. The summed E-state index contributed by atoms with van der Waals surface area (Å²) in [7, 11) is 0. The van der Waals surface area contributed by atoms with E-state index in [1.54, 1.807) is 18.2 Å². The van der Waals surface area contributed by atoms with Crippen molar-refractivity contribution >= 4 is 28.9 Å². The highest BCUT2D eigenvalue weighted by molar-refractivity contribution is 6.31. The second-order valence-electron chi connectivity index (χ2n) is 5.54. The molecule has 1 aliphatic heterocycles. The zero-order valence-electron chi connectivity index (χ0n) is 10.7. The lowest BCUT2D eigenvalue weighted by molar-refractivity contribution is -0.117. The maximum Gasteiger partial charge on any atom is 0.238 e. The van der Waals surface area contributed by atoms with Crippen molar-refractivity contribution in [1.29, 1.82) is 0 Å². The standard InChI is InChI=1S/C14H18ClN3O/c15-10-2-4-12(16)13(6-10)17-14(19)8-18-7-9-1-3-11(18)5-9/h2,4,6,9,11H,1,3,5,7-8,16H2,(H,17,19). The minimum absolute atomic E-state index is 0.0125. The first-order chi connectivity index (χ1) is 9.11. The number of amides is 1. The van der Waals surface area contributed by atoms with Crippen LogP contribution in [0.1, 0.15) is 19.3 Å². The van der Waals surface area contributed by atoms with Crippen LogP contribution in [-0.4, -0.2) is 29.9 Å². The minimum atomic E-state index is -0.0125. The fraction of sp³-hybridized carbons (Fsp3) is 0.500. The lowest BCUT2D eigenvalue weighted by atomic mass is 10.1. The van der Waals surface area contributed by atoms with Crippen LogP contribution in [0.15, 0.2) is 18.2 Å². The molecule has 0 spiro atoms. The Labute approximate surface area is 117 Å². The van der Waals surface area contributed by atoms with Gasteiger partial charge < -0.3 is 11.1 Å². The van der Waals surface area contributed by atoms with Gasteiger partial charge in [-0.25, -0.2) is 0 Å². The van der Waals surface area contributed by atoms with Crippen molar-refractivity contribution in [1.82, 2.24) is 4.90 Å². The van der Waals surface area contributed by atoms with Gasteiger partial charge in [-0.1, -0.05) is 11.6 Å². The molecule has 3 N–H and O–H groups in total. The Hall–Kier alpha value is -1.26. The number of piperidine rings is 1. The van der Waals surface area contributed by atoms with E-state index in [0.29, 0.717) is 29.0 Å². The number of nitrogen functional groups attached to an aromatic ring is 1. The number of nitrogens with zero attached hydrogens (tertiary/aromatic N) is 1. The number of likely N-dealkylation sites (tertiary alicyclic amines) is 1. The third-order valence-electron chi connectivity index (χ3n) is 4.16. The second kappa shape index (κ2) is 5.02. The zero-order valence-corrected chi connectivity index (χ0v) is 11.5. The molecule has 4 nitrogen and oxygen atoms in total. The molecule has 2 bridgehead atoms. The smallest absolute Gasteiger partial charge is 0.238 e. The maximum absolute atomic E-state index is 12.1. The first kappa shape index (κ1) is 12.8. The number of fused-ring (bicyclic) bond motifs is 2. The van der Waals surface area contributed by atoms with Crippen molar-refractivity contribution in [3.05, 3.63) is 23.2 Å². The molecular formula is C14H18ClN3O.